The Labute approximate surface area is 441 Å². The zero-order chi connectivity index (χ0) is 53.4. The van der Waals surface area contributed by atoms with Gasteiger partial charge in [0.15, 0.2) is 5.82 Å². The molecule has 2 aliphatic heterocycles. The topological polar surface area (TPSA) is 228 Å². The van der Waals surface area contributed by atoms with Crippen molar-refractivity contribution in [1.29, 1.82) is 0 Å². The van der Waals surface area contributed by atoms with E-state index < -0.39 is 23.8 Å². The molecule has 0 spiro atoms. The van der Waals surface area contributed by atoms with Gasteiger partial charge in [0.05, 0.1) is 48.0 Å². The van der Waals surface area contributed by atoms with Crippen molar-refractivity contribution < 1.29 is 38.9 Å². The molecule has 0 unspecified atom stereocenters. The number of aromatic nitrogens is 5. The second-order valence-corrected chi connectivity index (χ2v) is 21.7. The number of pyridine rings is 1. The Balaban J connectivity index is 0.000000201. The van der Waals surface area contributed by atoms with Gasteiger partial charge in [0.1, 0.15) is 23.7 Å². The van der Waals surface area contributed by atoms with Gasteiger partial charge in [-0.05, 0) is 95.7 Å². The first kappa shape index (κ1) is 54.2. The molecule has 1 aliphatic carbocycles. The van der Waals surface area contributed by atoms with Crippen LogP contribution in [0.15, 0.2) is 102 Å². The van der Waals surface area contributed by atoms with E-state index in [0.717, 1.165) is 30.7 Å². The Kier molecular flexibility index (Phi) is 17.4. The van der Waals surface area contributed by atoms with Crippen molar-refractivity contribution in [1.82, 2.24) is 50.1 Å². The summed E-state index contributed by atoms with van der Waals surface area (Å²) >= 11 is 1.57. The number of phenols is 1. The number of fused-ring (bicyclic) bond motifs is 2. The molecule has 3 aromatic heterocycles. The molecule has 75 heavy (non-hydrogen) atoms. The van der Waals surface area contributed by atoms with Gasteiger partial charge in [-0.25, -0.2) is 14.6 Å². The fraction of sp³-hybridized carbons (Fsp3) is 0.429. The van der Waals surface area contributed by atoms with Crippen molar-refractivity contribution in [3.8, 4) is 17.3 Å². The maximum atomic E-state index is 13.5. The number of hydrogen-bond donors (Lipinski definition) is 5. The number of likely N-dealkylation sites (tertiary alicyclic amines) is 1. The molecule has 396 valence electrons. The van der Waals surface area contributed by atoms with Gasteiger partial charge in [0, 0.05) is 78.3 Å². The van der Waals surface area contributed by atoms with Gasteiger partial charge < -0.3 is 40.4 Å². The summed E-state index contributed by atoms with van der Waals surface area (Å²) in [6, 6.07) is 22.9. The number of rotatable bonds is 14. The number of H-pyrrole nitrogens is 1. The van der Waals surface area contributed by atoms with Crippen LogP contribution in [0.5, 0.6) is 11.5 Å². The number of ketones is 1. The summed E-state index contributed by atoms with van der Waals surface area (Å²) in [6.07, 6.45) is 9.16. The van der Waals surface area contributed by atoms with Crippen molar-refractivity contribution in [3.05, 3.63) is 126 Å². The first-order valence-corrected chi connectivity index (χ1v) is 26.6. The predicted octanol–water partition coefficient (Wildman–Crippen LogP) is 6.38. The van der Waals surface area contributed by atoms with Crippen LogP contribution in [0.4, 0.5) is 0 Å². The number of phenolic OH excluding ortho intramolecular Hbond substituents is 1. The number of benzene rings is 3. The van der Waals surface area contributed by atoms with E-state index in [0.29, 0.717) is 82.2 Å². The van der Waals surface area contributed by atoms with Crippen LogP contribution in [0.25, 0.3) is 16.7 Å². The Bertz CT molecular complexity index is 2970. The molecule has 1 saturated carbocycles. The number of aliphatic hydroxyl groups excluding tert-OH is 1. The number of aryl methyl sites for hydroxylation is 1. The molecular formula is C56H68N10O8S. The molecule has 2 saturated heterocycles. The first-order valence-electron chi connectivity index (χ1n) is 25.6. The van der Waals surface area contributed by atoms with Crippen LogP contribution < -0.4 is 15.4 Å². The van der Waals surface area contributed by atoms with Crippen LogP contribution in [-0.2, 0) is 9.59 Å². The molecule has 0 bridgehead atoms. The monoisotopic (exact) mass is 1040 g/mol. The number of ether oxygens (including phenoxy) is 1. The number of β-amino-alcohol motifs (C(OH)–C–C–N with tert-alkyl or cyclic N) is 1. The third-order valence-corrected chi connectivity index (χ3v) is 15.4. The molecule has 9 rings (SSSR count). The Hall–Kier alpha value is -7.09. The van der Waals surface area contributed by atoms with E-state index in [2.05, 4.69) is 35.6 Å². The maximum Gasteiger partial charge on any atom is 0.295 e. The SMILES string of the molecule is COc1cnc(-n2cnc(C)n2)c2[nH]cc(C(=O)C(=O)N3CCN(C(=O)c4ccccc4)CC3)c12.Cc1c(O)cccc1C(=O)N[C@@H](CSc1ccccc1)[C@H](O)CN1C[C@H]2CCCC[C@H]2C[C@H]1C(=O)NC(C)(C)C. The molecule has 5 atom stereocenters. The summed E-state index contributed by atoms with van der Waals surface area (Å²) in [6.45, 7) is 11.8. The van der Waals surface area contributed by atoms with Crippen LogP contribution in [0, 0.1) is 25.7 Å². The number of nitrogens with one attached hydrogen (secondary N) is 3. The highest BCUT2D eigenvalue weighted by atomic mass is 32.2. The predicted molar refractivity (Wildman–Crippen MR) is 286 cm³/mol. The lowest BCUT2D eigenvalue weighted by atomic mass is 9.72. The van der Waals surface area contributed by atoms with Gasteiger partial charge in [0.2, 0.25) is 5.91 Å². The third-order valence-electron chi connectivity index (χ3n) is 14.2. The number of amides is 4. The minimum Gasteiger partial charge on any atom is -0.508 e. The second-order valence-electron chi connectivity index (χ2n) is 20.6. The number of Topliss-reactive ketones (excluding diaryl/α,β-unsaturated/α-hetero) is 1. The molecule has 4 amide bonds. The lowest BCUT2D eigenvalue weighted by Crippen LogP contribution is -2.60. The van der Waals surface area contributed by atoms with Gasteiger partial charge in [0.25, 0.3) is 23.5 Å². The Morgan fingerprint density at radius 3 is 2.21 bits per heavy atom. The van der Waals surface area contributed by atoms with Crippen LogP contribution in [0.3, 0.4) is 0 Å². The van der Waals surface area contributed by atoms with Crippen LogP contribution in [-0.4, -0.2) is 155 Å². The number of aliphatic hydroxyl groups is 1. The fourth-order valence-electron chi connectivity index (χ4n) is 10.3. The average molecular weight is 1040 g/mol. The Morgan fingerprint density at radius 2 is 1.55 bits per heavy atom. The Morgan fingerprint density at radius 1 is 0.867 bits per heavy atom. The van der Waals surface area contributed by atoms with E-state index in [9.17, 15) is 34.2 Å². The largest absolute Gasteiger partial charge is 0.508 e. The van der Waals surface area contributed by atoms with E-state index in [4.69, 9.17) is 4.74 Å². The highest BCUT2D eigenvalue weighted by Crippen LogP contribution is 2.39. The van der Waals surface area contributed by atoms with Crippen molar-refractivity contribution in [2.24, 2.45) is 11.8 Å². The molecular weight excluding hydrogens is 973 g/mol. The smallest absolute Gasteiger partial charge is 0.295 e. The summed E-state index contributed by atoms with van der Waals surface area (Å²) in [5.41, 5.74) is 1.83. The number of aromatic amines is 1. The highest BCUT2D eigenvalue weighted by Gasteiger charge is 2.42. The zero-order valence-corrected chi connectivity index (χ0v) is 44.3. The number of nitrogens with zero attached hydrogens (tertiary/aromatic N) is 7. The van der Waals surface area contributed by atoms with Crippen LogP contribution >= 0.6 is 11.8 Å². The molecule has 3 aromatic carbocycles. The number of thioether (sulfide) groups is 1. The number of hydrogen-bond acceptors (Lipinski definition) is 13. The van der Waals surface area contributed by atoms with E-state index in [1.54, 1.807) is 60.8 Å². The van der Waals surface area contributed by atoms with Gasteiger partial charge in [-0.3, -0.25) is 28.9 Å². The number of piperazine rings is 1. The second kappa shape index (κ2) is 24.1. The minimum atomic E-state index is -0.886. The molecule has 19 heteroatoms. The molecule has 6 aromatic rings. The molecule has 3 aliphatic rings. The van der Waals surface area contributed by atoms with Gasteiger partial charge in [-0.2, -0.15) is 5.10 Å². The van der Waals surface area contributed by atoms with Gasteiger partial charge in [-0.15, -0.1) is 11.8 Å². The highest BCUT2D eigenvalue weighted by molar-refractivity contribution is 7.99. The van der Waals surface area contributed by atoms with Crippen molar-refractivity contribution in [2.75, 3.05) is 52.1 Å². The van der Waals surface area contributed by atoms with Crippen LogP contribution in [0.2, 0.25) is 0 Å². The summed E-state index contributed by atoms with van der Waals surface area (Å²) in [5, 5.41) is 32.7. The standard InChI is InChI=1S/C32H45N3O4S.C24H23N7O4/c1-21-25(15-10-16-28(21)36)30(38)33-26(20-40-24-13-6-5-7-14-24)29(37)19-35-18-23-12-9-8-11-22(23)17-27(35)31(39)34-32(2,3)4;1-15-27-14-31(28-15)22-20-19(18(35-2)13-26-22)17(12-25-20)21(32)24(34)30-10-8-29(9-11-30)23(33)16-6-4-3-5-7-16/h5-7,10,13-16,22-23,26-27,29,36-37H,8-9,11-12,17-20H2,1-4H3,(H,33,38)(H,34,39);3-7,12-14,25H,8-11H2,1-2H3/t22-,23+,26-,27-,29+;/m0./s1. The summed E-state index contributed by atoms with van der Waals surface area (Å²) in [7, 11) is 1.47. The van der Waals surface area contributed by atoms with E-state index in [1.165, 1.54) is 48.3 Å². The molecule has 5 N–H and O–H groups in total. The number of piperidine rings is 1. The normalized spacial score (nSPS) is 18.7. The number of carbonyl (C=O) groups is 5. The van der Waals surface area contributed by atoms with E-state index in [-0.39, 0.29) is 53.7 Å². The summed E-state index contributed by atoms with van der Waals surface area (Å²) < 4.78 is 6.92. The zero-order valence-electron chi connectivity index (χ0n) is 43.5. The summed E-state index contributed by atoms with van der Waals surface area (Å²) in [5.74, 6) is 1.25. The van der Waals surface area contributed by atoms with E-state index >= 15 is 0 Å². The molecule has 5 heterocycles. The maximum absolute atomic E-state index is 13.5. The minimum absolute atomic E-state index is 0.0124. The lowest BCUT2D eigenvalue weighted by Gasteiger charge is -2.47. The molecule has 18 nitrogen and oxygen atoms in total. The van der Waals surface area contributed by atoms with Crippen LogP contribution in [0.1, 0.15) is 95.3 Å². The summed E-state index contributed by atoms with van der Waals surface area (Å²) in [4.78, 5) is 83.8. The van der Waals surface area contributed by atoms with Crippen molar-refractivity contribution in [3.63, 3.8) is 0 Å². The molecule has 0 radical (unpaired) electrons. The average Bonchev–Trinajstić information content (AvgIpc) is 4.07. The van der Waals surface area contributed by atoms with Crippen molar-refractivity contribution >= 4 is 52.1 Å². The van der Waals surface area contributed by atoms with Gasteiger partial charge in [-0.1, -0.05) is 61.7 Å². The fourth-order valence-corrected chi connectivity index (χ4v) is 11.3. The first-order chi connectivity index (χ1) is 36.0. The lowest BCUT2D eigenvalue weighted by molar-refractivity contribution is -0.132. The number of methoxy groups -OCH3 is 1. The number of carbonyl (C=O) groups excluding carboxylic acids is 5. The molecule has 3 fully saturated rings. The quantitative estimate of drug-likeness (QED) is 0.0454. The third kappa shape index (κ3) is 13.1. The van der Waals surface area contributed by atoms with E-state index in [1.807, 2.05) is 69.3 Å². The number of aromatic hydroxyl groups is 1. The van der Waals surface area contributed by atoms with Crippen molar-refractivity contribution in [2.45, 2.75) is 95.3 Å². The van der Waals surface area contributed by atoms with Gasteiger partial charge >= 0.3 is 0 Å².